The molecular formula is C24H21FN2O2. The Kier molecular flexibility index (Phi) is 5.12. The first kappa shape index (κ1) is 18.9. The second kappa shape index (κ2) is 7.87. The molecule has 1 fully saturated rings. The summed E-state index contributed by atoms with van der Waals surface area (Å²) in [5.74, 6) is -1.24. The van der Waals surface area contributed by atoms with Crippen molar-refractivity contribution in [2.45, 2.75) is 19.4 Å². The van der Waals surface area contributed by atoms with Crippen LogP contribution in [0.1, 0.15) is 18.4 Å². The maximum Gasteiger partial charge on any atom is 0.243 e. The number of anilines is 2. The molecule has 29 heavy (non-hydrogen) atoms. The van der Waals surface area contributed by atoms with Crippen LogP contribution in [0.2, 0.25) is 0 Å². The average Bonchev–Trinajstić information content (AvgIpc) is 3.57. The van der Waals surface area contributed by atoms with Gasteiger partial charge in [-0.25, -0.2) is 4.39 Å². The van der Waals surface area contributed by atoms with Gasteiger partial charge in [0.2, 0.25) is 11.8 Å². The normalized spacial score (nSPS) is 14.1. The monoisotopic (exact) mass is 388 g/mol. The predicted molar refractivity (Wildman–Crippen MR) is 111 cm³/mol. The van der Waals surface area contributed by atoms with Gasteiger partial charge in [0, 0.05) is 5.69 Å². The van der Waals surface area contributed by atoms with Crippen molar-refractivity contribution >= 4 is 23.2 Å². The molecule has 1 aliphatic carbocycles. The van der Waals surface area contributed by atoms with Gasteiger partial charge in [0.15, 0.2) is 0 Å². The molecule has 0 radical (unpaired) electrons. The SMILES string of the molecule is O=C(Nc1ccccc1F)C1(C(=O)N(Cc2ccccc2)c2ccccc2)CC1. The molecule has 0 atom stereocenters. The zero-order valence-corrected chi connectivity index (χ0v) is 15.8. The van der Waals surface area contributed by atoms with Crippen LogP contribution in [0, 0.1) is 11.2 Å². The van der Waals surface area contributed by atoms with Crippen LogP contribution in [0.15, 0.2) is 84.9 Å². The molecule has 3 aromatic rings. The van der Waals surface area contributed by atoms with Crippen LogP contribution < -0.4 is 10.2 Å². The van der Waals surface area contributed by atoms with Gasteiger partial charge < -0.3 is 10.2 Å². The summed E-state index contributed by atoms with van der Waals surface area (Å²) in [6, 6.07) is 24.9. The fourth-order valence-electron chi connectivity index (χ4n) is 3.38. The first-order valence-electron chi connectivity index (χ1n) is 9.57. The predicted octanol–water partition coefficient (Wildman–Crippen LogP) is 4.78. The zero-order valence-electron chi connectivity index (χ0n) is 15.8. The summed E-state index contributed by atoms with van der Waals surface area (Å²) < 4.78 is 14.0. The van der Waals surface area contributed by atoms with Crippen molar-refractivity contribution in [3.63, 3.8) is 0 Å². The molecule has 0 aromatic heterocycles. The van der Waals surface area contributed by atoms with Gasteiger partial charge in [-0.05, 0) is 42.7 Å². The number of benzene rings is 3. The molecule has 3 aromatic carbocycles. The van der Waals surface area contributed by atoms with E-state index in [2.05, 4.69) is 5.32 Å². The molecule has 2 amide bonds. The highest BCUT2D eigenvalue weighted by molar-refractivity contribution is 6.17. The number of amides is 2. The smallest absolute Gasteiger partial charge is 0.243 e. The standard InChI is InChI=1S/C24H21FN2O2/c25-20-13-7-8-14-21(20)26-22(28)24(15-16-24)23(29)27(19-11-5-2-6-12-19)17-18-9-3-1-4-10-18/h1-14H,15-17H2,(H,26,28). The fraction of sp³-hybridized carbons (Fsp3) is 0.167. The highest BCUT2D eigenvalue weighted by Crippen LogP contribution is 2.49. The van der Waals surface area contributed by atoms with Crippen molar-refractivity contribution in [2.24, 2.45) is 5.41 Å². The lowest BCUT2D eigenvalue weighted by Crippen LogP contribution is -2.43. The Morgan fingerprint density at radius 2 is 1.45 bits per heavy atom. The van der Waals surface area contributed by atoms with Crippen LogP contribution in [-0.4, -0.2) is 11.8 Å². The van der Waals surface area contributed by atoms with Crippen LogP contribution in [-0.2, 0) is 16.1 Å². The number of carbonyl (C=O) groups excluding carboxylic acids is 2. The van der Waals surface area contributed by atoms with Crippen LogP contribution in [0.3, 0.4) is 0 Å². The Morgan fingerprint density at radius 1 is 0.862 bits per heavy atom. The van der Waals surface area contributed by atoms with Gasteiger partial charge in [0.25, 0.3) is 0 Å². The van der Waals surface area contributed by atoms with Crippen molar-refractivity contribution in [3.8, 4) is 0 Å². The third kappa shape index (κ3) is 3.90. The van der Waals surface area contributed by atoms with Crippen molar-refractivity contribution in [1.29, 1.82) is 0 Å². The molecule has 0 saturated heterocycles. The molecule has 5 heteroatoms. The molecule has 4 rings (SSSR count). The lowest BCUT2D eigenvalue weighted by molar-refractivity contribution is -0.132. The summed E-state index contributed by atoms with van der Waals surface area (Å²) in [6.45, 7) is 0.360. The van der Waals surface area contributed by atoms with E-state index in [0.717, 1.165) is 11.3 Å². The minimum atomic E-state index is -1.16. The number of halogens is 1. The Bertz CT molecular complexity index is 1020. The van der Waals surface area contributed by atoms with E-state index in [1.165, 1.54) is 12.1 Å². The molecule has 0 heterocycles. The maximum absolute atomic E-state index is 14.0. The van der Waals surface area contributed by atoms with Gasteiger partial charge in [-0.1, -0.05) is 60.7 Å². The molecule has 0 unspecified atom stereocenters. The lowest BCUT2D eigenvalue weighted by Gasteiger charge is -2.27. The van der Waals surface area contributed by atoms with E-state index in [0.29, 0.717) is 19.4 Å². The van der Waals surface area contributed by atoms with Gasteiger partial charge in [0.05, 0.1) is 12.2 Å². The quantitative estimate of drug-likeness (QED) is 0.618. The Morgan fingerprint density at radius 3 is 2.07 bits per heavy atom. The van der Waals surface area contributed by atoms with E-state index < -0.39 is 17.1 Å². The van der Waals surface area contributed by atoms with Crippen LogP contribution in [0.5, 0.6) is 0 Å². The molecule has 0 bridgehead atoms. The van der Waals surface area contributed by atoms with Crippen LogP contribution in [0.4, 0.5) is 15.8 Å². The number of para-hydroxylation sites is 2. The summed E-state index contributed by atoms with van der Waals surface area (Å²) in [5.41, 5.74) is 0.625. The van der Waals surface area contributed by atoms with E-state index >= 15 is 0 Å². The maximum atomic E-state index is 14.0. The minimum Gasteiger partial charge on any atom is -0.323 e. The van der Waals surface area contributed by atoms with Gasteiger partial charge >= 0.3 is 0 Å². The van der Waals surface area contributed by atoms with E-state index in [4.69, 9.17) is 0 Å². The largest absolute Gasteiger partial charge is 0.323 e. The number of nitrogens with zero attached hydrogens (tertiary/aromatic N) is 1. The number of hydrogen-bond acceptors (Lipinski definition) is 2. The number of hydrogen-bond donors (Lipinski definition) is 1. The Labute approximate surface area is 169 Å². The van der Waals surface area contributed by atoms with Gasteiger partial charge in [-0.15, -0.1) is 0 Å². The van der Waals surface area contributed by atoms with E-state index in [9.17, 15) is 14.0 Å². The third-order valence-corrected chi connectivity index (χ3v) is 5.21. The molecule has 0 spiro atoms. The van der Waals surface area contributed by atoms with Crippen molar-refractivity contribution in [3.05, 3.63) is 96.3 Å². The molecular weight excluding hydrogens is 367 g/mol. The number of rotatable bonds is 6. The van der Waals surface area contributed by atoms with Gasteiger partial charge in [0.1, 0.15) is 11.2 Å². The lowest BCUT2D eigenvalue weighted by atomic mass is 10.0. The molecule has 1 saturated carbocycles. The molecule has 0 aliphatic heterocycles. The van der Waals surface area contributed by atoms with E-state index in [1.54, 1.807) is 17.0 Å². The minimum absolute atomic E-state index is 0.0888. The topological polar surface area (TPSA) is 49.4 Å². The summed E-state index contributed by atoms with van der Waals surface area (Å²) in [4.78, 5) is 28.1. The summed E-state index contributed by atoms with van der Waals surface area (Å²) in [6.07, 6.45) is 0.897. The molecule has 4 nitrogen and oxygen atoms in total. The summed E-state index contributed by atoms with van der Waals surface area (Å²) in [7, 11) is 0. The first-order chi connectivity index (χ1) is 14.1. The van der Waals surface area contributed by atoms with Gasteiger partial charge in [-0.2, -0.15) is 0 Å². The van der Waals surface area contributed by atoms with E-state index in [-0.39, 0.29) is 11.6 Å². The molecule has 146 valence electrons. The Balaban J connectivity index is 1.61. The first-order valence-corrected chi connectivity index (χ1v) is 9.57. The molecule has 1 N–H and O–H groups in total. The Hall–Kier alpha value is -3.47. The van der Waals surface area contributed by atoms with Crippen molar-refractivity contribution in [2.75, 3.05) is 10.2 Å². The third-order valence-electron chi connectivity index (χ3n) is 5.21. The average molecular weight is 388 g/mol. The van der Waals surface area contributed by atoms with Crippen molar-refractivity contribution < 1.29 is 14.0 Å². The molecule has 1 aliphatic rings. The second-order valence-corrected chi connectivity index (χ2v) is 7.23. The fourth-order valence-corrected chi connectivity index (χ4v) is 3.38. The number of nitrogens with one attached hydrogen (secondary N) is 1. The van der Waals surface area contributed by atoms with Gasteiger partial charge in [-0.3, -0.25) is 9.59 Å². The number of carbonyl (C=O) groups is 2. The summed E-state index contributed by atoms with van der Waals surface area (Å²) in [5, 5.41) is 2.60. The van der Waals surface area contributed by atoms with E-state index in [1.807, 2.05) is 60.7 Å². The van der Waals surface area contributed by atoms with Crippen molar-refractivity contribution in [1.82, 2.24) is 0 Å². The van der Waals surface area contributed by atoms with Crippen LogP contribution >= 0.6 is 0 Å². The highest BCUT2D eigenvalue weighted by Gasteiger charge is 2.58. The second-order valence-electron chi connectivity index (χ2n) is 7.23. The zero-order chi connectivity index (χ0) is 20.3. The van der Waals surface area contributed by atoms with Crippen LogP contribution in [0.25, 0.3) is 0 Å². The summed E-state index contributed by atoms with van der Waals surface area (Å²) >= 11 is 0. The highest BCUT2D eigenvalue weighted by atomic mass is 19.1.